The van der Waals surface area contributed by atoms with Crippen molar-refractivity contribution in [1.29, 1.82) is 0 Å². The molecule has 9 heteroatoms. The van der Waals surface area contributed by atoms with Crippen molar-refractivity contribution in [1.82, 2.24) is 15.2 Å². The summed E-state index contributed by atoms with van der Waals surface area (Å²) in [6.45, 7) is 1.28. The number of pyridine rings is 1. The standard InChI is InChI=1S/C14H22N4O4S/c1-15-14(19)18-8-6-12(7-9-18)22-13-5-4-11(10-16-13)17(2)23(3,20)21/h4-5,10,12H,6-9H2,1-3H3,(H,15,19). The molecule has 23 heavy (non-hydrogen) atoms. The van der Waals surface area contributed by atoms with Crippen LogP contribution < -0.4 is 14.4 Å². The molecule has 128 valence electrons. The molecule has 0 unspecified atom stereocenters. The zero-order chi connectivity index (χ0) is 17.0. The summed E-state index contributed by atoms with van der Waals surface area (Å²) in [5, 5.41) is 2.61. The first-order valence-electron chi connectivity index (χ1n) is 7.34. The van der Waals surface area contributed by atoms with Crippen LogP contribution in [0, 0.1) is 0 Å². The lowest BCUT2D eigenvalue weighted by Crippen LogP contribution is -2.45. The van der Waals surface area contributed by atoms with Gasteiger partial charge in [0.25, 0.3) is 0 Å². The van der Waals surface area contributed by atoms with Gasteiger partial charge in [0, 0.05) is 46.1 Å². The molecule has 1 N–H and O–H groups in total. The number of sulfonamides is 1. The molecule has 1 aliphatic heterocycles. The van der Waals surface area contributed by atoms with Crippen LogP contribution in [-0.2, 0) is 10.0 Å². The molecule has 0 aliphatic carbocycles. The van der Waals surface area contributed by atoms with E-state index < -0.39 is 10.0 Å². The Hall–Kier alpha value is -2.03. The maximum atomic E-state index is 11.5. The van der Waals surface area contributed by atoms with Crippen LogP contribution in [-0.4, -0.2) is 63.9 Å². The molecule has 1 aromatic rings. The van der Waals surface area contributed by atoms with Crippen LogP contribution in [0.25, 0.3) is 0 Å². The van der Waals surface area contributed by atoms with Crippen LogP contribution in [0.2, 0.25) is 0 Å². The van der Waals surface area contributed by atoms with Crippen molar-refractivity contribution in [3.8, 4) is 5.88 Å². The van der Waals surface area contributed by atoms with Gasteiger partial charge >= 0.3 is 6.03 Å². The van der Waals surface area contributed by atoms with Crippen LogP contribution in [0.15, 0.2) is 18.3 Å². The van der Waals surface area contributed by atoms with Crippen molar-refractivity contribution in [3.63, 3.8) is 0 Å². The van der Waals surface area contributed by atoms with E-state index in [4.69, 9.17) is 4.74 Å². The summed E-state index contributed by atoms with van der Waals surface area (Å²) in [5.41, 5.74) is 0.481. The highest BCUT2D eigenvalue weighted by atomic mass is 32.2. The Labute approximate surface area is 136 Å². The summed E-state index contributed by atoms with van der Waals surface area (Å²) in [5.74, 6) is 0.453. The van der Waals surface area contributed by atoms with Gasteiger partial charge in [-0.05, 0) is 6.07 Å². The predicted octanol–water partition coefficient (Wildman–Crippen LogP) is 0.660. The number of ether oxygens (including phenoxy) is 1. The maximum absolute atomic E-state index is 11.5. The van der Waals surface area contributed by atoms with E-state index in [1.54, 1.807) is 24.1 Å². The highest BCUT2D eigenvalue weighted by Crippen LogP contribution is 2.20. The number of hydrogen-bond acceptors (Lipinski definition) is 5. The molecule has 0 spiro atoms. The van der Waals surface area contributed by atoms with E-state index in [2.05, 4.69) is 10.3 Å². The Kier molecular flexibility index (Phi) is 5.30. The average molecular weight is 342 g/mol. The summed E-state index contributed by atoms with van der Waals surface area (Å²) in [4.78, 5) is 17.4. The SMILES string of the molecule is CNC(=O)N1CCC(Oc2ccc(N(C)S(C)(=O)=O)cn2)CC1. The second kappa shape index (κ2) is 7.03. The molecule has 2 rings (SSSR count). The van der Waals surface area contributed by atoms with Gasteiger partial charge in [0.05, 0.1) is 18.1 Å². The van der Waals surface area contributed by atoms with Crippen LogP contribution in [0.5, 0.6) is 5.88 Å². The molecule has 1 fully saturated rings. The quantitative estimate of drug-likeness (QED) is 0.868. The number of anilines is 1. The number of nitrogens with one attached hydrogen (secondary N) is 1. The van der Waals surface area contributed by atoms with E-state index in [0.717, 1.165) is 23.4 Å². The minimum Gasteiger partial charge on any atom is -0.474 e. The topological polar surface area (TPSA) is 91.8 Å². The van der Waals surface area contributed by atoms with E-state index in [-0.39, 0.29) is 12.1 Å². The fourth-order valence-electron chi connectivity index (χ4n) is 2.33. The Morgan fingerprint density at radius 1 is 1.39 bits per heavy atom. The van der Waals surface area contributed by atoms with Gasteiger partial charge in [0.15, 0.2) is 0 Å². The molecule has 1 saturated heterocycles. The zero-order valence-electron chi connectivity index (χ0n) is 13.5. The number of rotatable bonds is 4. The molecular formula is C14H22N4O4S. The van der Waals surface area contributed by atoms with Crippen molar-refractivity contribution in [2.24, 2.45) is 0 Å². The first-order valence-corrected chi connectivity index (χ1v) is 9.19. The second-order valence-electron chi connectivity index (χ2n) is 5.44. The van der Waals surface area contributed by atoms with Crippen molar-refractivity contribution in [3.05, 3.63) is 18.3 Å². The summed E-state index contributed by atoms with van der Waals surface area (Å²) < 4.78 is 29.9. The number of likely N-dealkylation sites (tertiary alicyclic amines) is 1. The number of urea groups is 1. The highest BCUT2D eigenvalue weighted by Gasteiger charge is 2.23. The normalized spacial score (nSPS) is 16.0. The Balaban J connectivity index is 1.91. The summed E-state index contributed by atoms with van der Waals surface area (Å²) in [6, 6.07) is 3.24. The van der Waals surface area contributed by atoms with Gasteiger partial charge in [-0.2, -0.15) is 0 Å². The number of amides is 2. The molecule has 0 aromatic carbocycles. The van der Waals surface area contributed by atoms with Crippen LogP contribution in [0.1, 0.15) is 12.8 Å². The number of aromatic nitrogens is 1. The fraction of sp³-hybridized carbons (Fsp3) is 0.571. The van der Waals surface area contributed by atoms with E-state index in [1.165, 1.54) is 13.2 Å². The average Bonchev–Trinajstić information content (AvgIpc) is 2.54. The highest BCUT2D eigenvalue weighted by molar-refractivity contribution is 7.92. The Morgan fingerprint density at radius 2 is 2.04 bits per heavy atom. The van der Waals surface area contributed by atoms with Gasteiger partial charge in [-0.15, -0.1) is 0 Å². The van der Waals surface area contributed by atoms with Gasteiger partial charge in [-0.25, -0.2) is 18.2 Å². The lowest BCUT2D eigenvalue weighted by Gasteiger charge is -2.31. The van der Waals surface area contributed by atoms with Gasteiger partial charge in [-0.3, -0.25) is 4.31 Å². The summed E-state index contributed by atoms with van der Waals surface area (Å²) in [6.07, 6.45) is 4.08. The molecule has 2 amide bonds. The first-order chi connectivity index (χ1) is 10.8. The minimum atomic E-state index is -3.30. The monoisotopic (exact) mass is 342 g/mol. The third kappa shape index (κ3) is 4.47. The van der Waals surface area contributed by atoms with Gasteiger partial charge < -0.3 is 15.0 Å². The third-order valence-electron chi connectivity index (χ3n) is 3.81. The number of hydrogen-bond donors (Lipinski definition) is 1. The smallest absolute Gasteiger partial charge is 0.317 e. The van der Waals surface area contributed by atoms with Gasteiger partial charge in [-0.1, -0.05) is 0 Å². The molecule has 8 nitrogen and oxygen atoms in total. The molecule has 0 saturated carbocycles. The first kappa shape index (κ1) is 17.3. The minimum absolute atomic E-state index is 0.00175. The van der Waals surface area contributed by atoms with E-state index in [0.29, 0.717) is 24.7 Å². The Bertz CT molecular complexity index is 639. The van der Waals surface area contributed by atoms with E-state index in [9.17, 15) is 13.2 Å². The lowest BCUT2D eigenvalue weighted by atomic mass is 10.1. The molecule has 1 aromatic heterocycles. The van der Waals surface area contributed by atoms with Gasteiger partial charge in [0.1, 0.15) is 6.10 Å². The number of carbonyl (C=O) groups is 1. The summed E-state index contributed by atoms with van der Waals surface area (Å²) >= 11 is 0. The molecule has 1 aliphatic rings. The predicted molar refractivity (Wildman–Crippen MR) is 87.2 cm³/mol. The molecule has 2 heterocycles. The van der Waals surface area contributed by atoms with E-state index in [1.807, 2.05) is 0 Å². The maximum Gasteiger partial charge on any atom is 0.317 e. The molecule has 0 bridgehead atoms. The number of piperidine rings is 1. The lowest BCUT2D eigenvalue weighted by molar-refractivity contribution is 0.108. The van der Waals surface area contributed by atoms with E-state index >= 15 is 0 Å². The van der Waals surface area contributed by atoms with Crippen LogP contribution in [0.4, 0.5) is 10.5 Å². The van der Waals surface area contributed by atoms with Crippen molar-refractivity contribution in [2.75, 3.05) is 37.7 Å². The third-order valence-corrected chi connectivity index (χ3v) is 5.02. The van der Waals surface area contributed by atoms with Crippen molar-refractivity contribution in [2.45, 2.75) is 18.9 Å². The Morgan fingerprint density at radius 3 is 2.52 bits per heavy atom. The molecule has 0 radical (unpaired) electrons. The van der Waals surface area contributed by atoms with Crippen molar-refractivity contribution < 1.29 is 17.9 Å². The number of nitrogens with zero attached hydrogens (tertiary/aromatic N) is 3. The van der Waals surface area contributed by atoms with Crippen molar-refractivity contribution >= 4 is 21.7 Å². The molecule has 0 atom stereocenters. The second-order valence-corrected chi connectivity index (χ2v) is 7.46. The zero-order valence-corrected chi connectivity index (χ0v) is 14.3. The van der Waals surface area contributed by atoms with Crippen LogP contribution in [0.3, 0.4) is 0 Å². The molecular weight excluding hydrogens is 320 g/mol. The number of carbonyl (C=O) groups excluding carboxylic acids is 1. The van der Waals surface area contributed by atoms with Gasteiger partial charge in [0.2, 0.25) is 15.9 Å². The van der Waals surface area contributed by atoms with Crippen LogP contribution >= 0.6 is 0 Å². The fourth-order valence-corrected chi connectivity index (χ4v) is 2.82. The largest absolute Gasteiger partial charge is 0.474 e. The summed E-state index contributed by atoms with van der Waals surface area (Å²) in [7, 11) is -0.215.